The van der Waals surface area contributed by atoms with Crippen molar-refractivity contribution >= 4 is 7.60 Å². The molecule has 2 unspecified atom stereocenters. The van der Waals surface area contributed by atoms with Gasteiger partial charge in [0, 0.05) is 6.66 Å². The van der Waals surface area contributed by atoms with E-state index in [1.165, 1.54) is 6.66 Å². The molecule has 0 bridgehead atoms. The van der Waals surface area contributed by atoms with Gasteiger partial charge in [0.05, 0.1) is 26.4 Å². The van der Waals surface area contributed by atoms with E-state index in [4.69, 9.17) is 18.5 Å². The minimum atomic E-state index is -2.88. The van der Waals surface area contributed by atoms with Crippen molar-refractivity contribution in [2.24, 2.45) is 0 Å². The predicted molar refractivity (Wildman–Crippen MR) is 44.9 cm³/mol. The highest BCUT2D eigenvalue weighted by atomic mass is 31.2. The molecular formula is C7H13O5P. The normalized spacial score (nSPS) is 35.5. The summed E-state index contributed by atoms with van der Waals surface area (Å²) in [6.45, 7) is 3.59. The molecule has 0 spiro atoms. The maximum absolute atomic E-state index is 11.5. The fraction of sp³-hybridized carbons (Fsp3) is 1.00. The van der Waals surface area contributed by atoms with Crippen LogP contribution in [0.1, 0.15) is 0 Å². The van der Waals surface area contributed by atoms with Crippen molar-refractivity contribution in [3.63, 3.8) is 0 Å². The van der Waals surface area contributed by atoms with Crippen molar-refractivity contribution in [2.75, 3.05) is 33.1 Å². The molecule has 5 nitrogen and oxygen atoms in total. The predicted octanol–water partition coefficient (Wildman–Crippen LogP) is 0.640. The minimum absolute atomic E-state index is 0.119. The zero-order valence-corrected chi connectivity index (χ0v) is 8.37. The molecule has 2 rings (SSSR count). The number of hydrogen-bond acceptors (Lipinski definition) is 5. The van der Waals surface area contributed by atoms with Gasteiger partial charge in [0.15, 0.2) is 0 Å². The summed E-state index contributed by atoms with van der Waals surface area (Å²) < 4.78 is 31.5. The van der Waals surface area contributed by atoms with E-state index in [0.29, 0.717) is 26.4 Å². The Kier molecular flexibility index (Phi) is 2.72. The van der Waals surface area contributed by atoms with Crippen LogP contribution in [0.3, 0.4) is 0 Å². The van der Waals surface area contributed by atoms with E-state index in [1.807, 2.05) is 0 Å². The van der Waals surface area contributed by atoms with E-state index in [-0.39, 0.29) is 12.2 Å². The number of ether oxygens (including phenoxy) is 2. The first-order valence-electron chi connectivity index (χ1n) is 4.25. The molecule has 2 aliphatic rings. The van der Waals surface area contributed by atoms with E-state index in [0.717, 1.165) is 0 Å². The van der Waals surface area contributed by atoms with Crippen LogP contribution in [0.2, 0.25) is 0 Å². The van der Waals surface area contributed by atoms with E-state index < -0.39 is 7.60 Å². The molecule has 0 aliphatic carbocycles. The molecular weight excluding hydrogens is 195 g/mol. The molecule has 2 saturated heterocycles. The lowest BCUT2D eigenvalue weighted by atomic mass is 10.5. The third-order valence-corrected chi connectivity index (χ3v) is 3.03. The number of rotatable bonds is 6. The molecule has 0 aromatic rings. The minimum Gasteiger partial charge on any atom is -0.371 e. The van der Waals surface area contributed by atoms with E-state index >= 15 is 0 Å². The molecule has 0 radical (unpaired) electrons. The van der Waals surface area contributed by atoms with E-state index in [2.05, 4.69) is 0 Å². The highest BCUT2D eigenvalue weighted by molar-refractivity contribution is 7.52. The van der Waals surface area contributed by atoms with Gasteiger partial charge in [0.25, 0.3) is 0 Å². The van der Waals surface area contributed by atoms with Crippen LogP contribution >= 0.6 is 7.60 Å². The Morgan fingerprint density at radius 3 is 1.92 bits per heavy atom. The summed E-state index contributed by atoms with van der Waals surface area (Å²) in [7, 11) is -2.88. The van der Waals surface area contributed by atoms with E-state index in [1.54, 1.807) is 0 Å². The molecule has 2 fully saturated rings. The Bertz CT molecular complexity index is 203. The Balaban J connectivity index is 1.63. The maximum Gasteiger partial charge on any atom is 0.327 e. The van der Waals surface area contributed by atoms with Crippen LogP contribution in [-0.4, -0.2) is 45.3 Å². The van der Waals surface area contributed by atoms with Crippen molar-refractivity contribution in [3.05, 3.63) is 0 Å². The first-order valence-corrected chi connectivity index (χ1v) is 6.24. The second-order valence-electron chi connectivity index (χ2n) is 3.27. The molecule has 13 heavy (non-hydrogen) atoms. The SMILES string of the molecule is CP(=O)(OCC1CO1)OCC1CO1. The maximum atomic E-state index is 11.5. The quantitative estimate of drug-likeness (QED) is 0.473. The zero-order chi connectivity index (χ0) is 9.31. The Labute approximate surface area is 76.8 Å². The van der Waals surface area contributed by atoms with E-state index in [9.17, 15) is 4.57 Å². The third-order valence-electron chi connectivity index (χ3n) is 1.79. The second-order valence-corrected chi connectivity index (χ2v) is 5.33. The van der Waals surface area contributed by atoms with Gasteiger partial charge in [0.1, 0.15) is 12.2 Å². The fourth-order valence-electron chi connectivity index (χ4n) is 0.803. The summed E-state index contributed by atoms with van der Waals surface area (Å²) in [6.07, 6.45) is 0.239. The summed E-state index contributed by atoms with van der Waals surface area (Å²) in [5.41, 5.74) is 0. The van der Waals surface area contributed by atoms with Crippen molar-refractivity contribution in [2.45, 2.75) is 12.2 Å². The summed E-state index contributed by atoms with van der Waals surface area (Å²) in [4.78, 5) is 0. The molecule has 2 heterocycles. The van der Waals surface area contributed by atoms with Crippen LogP contribution in [0.15, 0.2) is 0 Å². The third kappa shape index (κ3) is 3.75. The highest BCUT2D eigenvalue weighted by Crippen LogP contribution is 2.45. The van der Waals surface area contributed by atoms with Crippen molar-refractivity contribution in [1.82, 2.24) is 0 Å². The smallest absolute Gasteiger partial charge is 0.327 e. The molecule has 0 aromatic heterocycles. The number of hydrogen-bond donors (Lipinski definition) is 0. The van der Waals surface area contributed by atoms with Crippen LogP contribution in [0.4, 0.5) is 0 Å². The standard InChI is InChI=1S/C7H13O5P/c1-13(8,11-4-6-2-9-6)12-5-7-3-10-7/h6-7H,2-5H2,1H3. The van der Waals surface area contributed by atoms with Gasteiger partial charge in [-0.05, 0) is 0 Å². The van der Waals surface area contributed by atoms with Crippen LogP contribution in [0, 0.1) is 0 Å². The Hall–Kier alpha value is 0.0700. The van der Waals surface area contributed by atoms with Gasteiger partial charge in [-0.3, -0.25) is 4.57 Å². The van der Waals surface area contributed by atoms with Gasteiger partial charge in [0.2, 0.25) is 0 Å². The average Bonchev–Trinajstić information content (AvgIpc) is 2.92. The average molecular weight is 208 g/mol. The lowest BCUT2D eigenvalue weighted by Crippen LogP contribution is -2.04. The molecule has 0 aromatic carbocycles. The molecule has 0 N–H and O–H groups in total. The summed E-state index contributed by atoms with van der Waals surface area (Å²) >= 11 is 0. The second kappa shape index (κ2) is 3.67. The van der Waals surface area contributed by atoms with Crippen LogP contribution in [-0.2, 0) is 23.1 Å². The van der Waals surface area contributed by atoms with Crippen molar-refractivity contribution in [1.29, 1.82) is 0 Å². The summed E-state index contributed by atoms with van der Waals surface area (Å²) in [5.74, 6) is 0. The zero-order valence-electron chi connectivity index (χ0n) is 7.47. The van der Waals surface area contributed by atoms with Gasteiger partial charge in [-0.2, -0.15) is 0 Å². The molecule has 76 valence electrons. The first-order chi connectivity index (χ1) is 6.16. The lowest BCUT2D eigenvalue weighted by Gasteiger charge is -2.12. The van der Waals surface area contributed by atoms with Crippen LogP contribution < -0.4 is 0 Å². The van der Waals surface area contributed by atoms with Gasteiger partial charge in [-0.1, -0.05) is 0 Å². The van der Waals surface area contributed by atoms with Gasteiger partial charge >= 0.3 is 7.60 Å². The largest absolute Gasteiger partial charge is 0.371 e. The Morgan fingerprint density at radius 1 is 1.23 bits per heavy atom. The molecule has 0 amide bonds. The molecule has 2 aliphatic heterocycles. The lowest BCUT2D eigenvalue weighted by molar-refractivity contribution is 0.181. The summed E-state index contributed by atoms with van der Waals surface area (Å²) in [6, 6.07) is 0. The molecule has 0 saturated carbocycles. The Morgan fingerprint density at radius 2 is 1.62 bits per heavy atom. The monoisotopic (exact) mass is 208 g/mol. The first kappa shape index (κ1) is 9.62. The van der Waals surface area contributed by atoms with Crippen LogP contribution in [0.25, 0.3) is 0 Å². The number of epoxide rings is 2. The molecule has 6 heteroatoms. The van der Waals surface area contributed by atoms with Crippen LogP contribution in [0.5, 0.6) is 0 Å². The van der Waals surface area contributed by atoms with Gasteiger partial charge in [-0.25, -0.2) is 0 Å². The highest BCUT2D eigenvalue weighted by Gasteiger charge is 2.30. The fourth-order valence-corrected chi connectivity index (χ4v) is 1.75. The molecule has 2 atom stereocenters. The van der Waals surface area contributed by atoms with Gasteiger partial charge < -0.3 is 18.5 Å². The summed E-state index contributed by atoms with van der Waals surface area (Å²) in [5, 5.41) is 0. The topological polar surface area (TPSA) is 60.6 Å². The van der Waals surface area contributed by atoms with Crippen molar-refractivity contribution < 1.29 is 23.1 Å². The van der Waals surface area contributed by atoms with Crippen molar-refractivity contribution in [3.8, 4) is 0 Å². The van der Waals surface area contributed by atoms with Gasteiger partial charge in [-0.15, -0.1) is 0 Å².